The zero-order chi connectivity index (χ0) is 24.6. The van der Waals surface area contributed by atoms with Crippen LogP contribution < -0.4 is 14.8 Å². The van der Waals surface area contributed by atoms with Gasteiger partial charge in [-0.3, -0.25) is 14.6 Å². The molecule has 2 aliphatic rings. The fraction of sp³-hybridized carbons (Fsp3) is 0.393. The summed E-state index contributed by atoms with van der Waals surface area (Å²) in [5.74, 6) is -0.0706. The molecule has 2 atom stereocenters. The van der Waals surface area contributed by atoms with Gasteiger partial charge in [0, 0.05) is 46.6 Å². The molecule has 2 aromatic rings. The maximum Gasteiger partial charge on any atom is 0.234 e. The molecule has 1 amide bonds. The number of carbonyl (C=O) groups excluding carboxylic acids is 2. The quantitative estimate of drug-likeness (QED) is 0.642. The minimum atomic E-state index is -0.647. The molecule has 0 fully saturated rings. The first-order valence-corrected chi connectivity index (χ1v) is 11.5. The topological polar surface area (TPSA) is 77.0 Å². The molecule has 4 rings (SSSR count). The highest BCUT2D eigenvalue weighted by Gasteiger charge is 2.46. The Balaban J connectivity index is 1.86. The number of hydrogen-bond acceptors (Lipinski definition) is 5. The predicted molar refractivity (Wildman–Crippen MR) is 134 cm³/mol. The van der Waals surface area contributed by atoms with E-state index in [0.29, 0.717) is 35.6 Å². The number of Topliss-reactive ketones (excluding diaryl/α,β-unsaturated/α-hetero) is 1. The van der Waals surface area contributed by atoms with E-state index in [1.807, 2.05) is 50.2 Å². The molecule has 0 bridgehead atoms. The second-order valence-corrected chi connectivity index (χ2v) is 9.92. The fourth-order valence-electron chi connectivity index (χ4n) is 5.12. The number of methoxy groups -OCH3 is 2. The number of nitrogens with one attached hydrogen (secondary N) is 1. The number of benzene rings is 2. The van der Waals surface area contributed by atoms with Crippen molar-refractivity contribution in [2.45, 2.75) is 46.5 Å². The molecular weight excluding hydrogens is 428 g/mol. The Hall–Kier alpha value is -3.41. The Bertz CT molecular complexity index is 1210. The van der Waals surface area contributed by atoms with Crippen LogP contribution in [0, 0.1) is 18.3 Å². The standard InChI is InChI=1S/C28H32N2O4/c1-16-9-7-8-10-20(16)30-27(32)24-17(2)29-21-14-28(3,4)15-22(31)26(21)25(24)19-12-11-18(33-5)13-23(19)34-6/h7-13,24-25H,14-15H2,1-6H3,(H,30,32)/t24?,25-/m1/s1. The average Bonchev–Trinajstić information content (AvgIpc) is 2.78. The van der Waals surface area contributed by atoms with Gasteiger partial charge in [-0.15, -0.1) is 0 Å². The molecule has 0 spiro atoms. The Kier molecular flexibility index (Phi) is 6.34. The summed E-state index contributed by atoms with van der Waals surface area (Å²) in [7, 11) is 3.18. The van der Waals surface area contributed by atoms with Crippen LogP contribution in [0.5, 0.6) is 11.5 Å². The number of ether oxygens (including phenoxy) is 2. The van der Waals surface area contributed by atoms with E-state index in [1.54, 1.807) is 20.3 Å². The van der Waals surface area contributed by atoms with Crippen LogP contribution in [0.3, 0.4) is 0 Å². The Morgan fingerprint density at radius 2 is 1.79 bits per heavy atom. The molecule has 0 radical (unpaired) electrons. The van der Waals surface area contributed by atoms with Crippen LogP contribution in [0.25, 0.3) is 0 Å². The summed E-state index contributed by atoms with van der Waals surface area (Å²) in [6.45, 7) is 7.99. The Morgan fingerprint density at radius 1 is 1.06 bits per heavy atom. The summed E-state index contributed by atoms with van der Waals surface area (Å²) in [5, 5.41) is 3.08. The smallest absolute Gasteiger partial charge is 0.234 e. The van der Waals surface area contributed by atoms with Gasteiger partial charge in [-0.2, -0.15) is 0 Å². The summed E-state index contributed by atoms with van der Waals surface area (Å²) in [6, 6.07) is 13.2. The normalized spacial score (nSPS) is 21.5. The fourth-order valence-corrected chi connectivity index (χ4v) is 5.12. The number of amides is 1. The monoisotopic (exact) mass is 460 g/mol. The maximum absolute atomic E-state index is 13.8. The molecule has 0 aromatic heterocycles. The number of para-hydroxylation sites is 1. The number of ketones is 1. The molecular formula is C28H32N2O4. The summed E-state index contributed by atoms with van der Waals surface area (Å²) in [5.41, 5.74) is 4.41. The Labute approximate surface area is 201 Å². The molecule has 2 aromatic carbocycles. The lowest BCUT2D eigenvalue weighted by atomic mass is 9.66. The van der Waals surface area contributed by atoms with Crippen molar-refractivity contribution in [3.05, 3.63) is 64.9 Å². The van der Waals surface area contributed by atoms with Crippen LogP contribution in [-0.4, -0.2) is 31.6 Å². The van der Waals surface area contributed by atoms with E-state index >= 15 is 0 Å². The molecule has 6 heteroatoms. The van der Waals surface area contributed by atoms with Gasteiger partial charge in [-0.1, -0.05) is 38.1 Å². The summed E-state index contributed by atoms with van der Waals surface area (Å²) in [4.78, 5) is 32.1. The number of anilines is 1. The minimum absolute atomic E-state index is 0.0408. The molecule has 1 N–H and O–H groups in total. The van der Waals surface area contributed by atoms with Gasteiger partial charge in [0.2, 0.25) is 5.91 Å². The average molecular weight is 461 g/mol. The first-order valence-electron chi connectivity index (χ1n) is 11.5. The summed E-state index contributed by atoms with van der Waals surface area (Å²) < 4.78 is 11.1. The van der Waals surface area contributed by atoms with Crippen LogP contribution in [0.2, 0.25) is 0 Å². The van der Waals surface area contributed by atoms with Crippen LogP contribution in [0.4, 0.5) is 5.69 Å². The lowest BCUT2D eigenvalue weighted by Crippen LogP contribution is -2.41. The van der Waals surface area contributed by atoms with Crippen molar-refractivity contribution >= 4 is 23.1 Å². The highest BCUT2D eigenvalue weighted by Crippen LogP contribution is 2.50. The van der Waals surface area contributed by atoms with Crippen molar-refractivity contribution in [3.8, 4) is 11.5 Å². The van der Waals surface area contributed by atoms with Gasteiger partial charge in [0.25, 0.3) is 0 Å². The largest absolute Gasteiger partial charge is 0.497 e. The third kappa shape index (κ3) is 4.37. The van der Waals surface area contributed by atoms with E-state index in [4.69, 9.17) is 14.5 Å². The molecule has 1 aliphatic heterocycles. The van der Waals surface area contributed by atoms with Gasteiger partial charge in [0.1, 0.15) is 11.5 Å². The molecule has 0 saturated heterocycles. The molecule has 178 valence electrons. The van der Waals surface area contributed by atoms with Crippen molar-refractivity contribution < 1.29 is 19.1 Å². The predicted octanol–water partition coefficient (Wildman–Crippen LogP) is 5.47. The second kappa shape index (κ2) is 9.09. The van der Waals surface area contributed by atoms with Gasteiger partial charge in [0.15, 0.2) is 5.78 Å². The van der Waals surface area contributed by atoms with Gasteiger partial charge in [0.05, 0.1) is 20.1 Å². The highest BCUT2D eigenvalue weighted by atomic mass is 16.5. The number of carbonyl (C=O) groups is 2. The van der Waals surface area contributed by atoms with E-state index < -0.39 is 11.8 Å². The van der Waals surface area contributed by atoms with E-state index in [0.717, 1.165) is 22.5 Å². The maximum atomic E-state index is 13.8. The highest BCUT2D eigenvalue weighted by molar-refractivity contribution is 6.13. The van der Waals surface area contributed by atoms with Gasteiger partial charge in [-0.25, -0.2) is 0 Å². The van der Waals surface area contributed by atoms with Crippen molar-refractivity contribution in [1.29, 1.82) is 0 Å². The SMILES string of the molecule is COc1ccc([C@H]2C3=C(CC(C)(C)CC3=O)N=C(C)C2C(=O)Nc2ccccc2C)c(OC)c1. The molecule has 1 heterocycles. The van der Waals surface area contributed by atoms with Crippen molar-refractivity contribution in [2.24, 2.45) is 16.3 Å². The number of hydrogen-bond donors (Lipinski definition) is 1. The third-order valence-electron chi connectivity index (χ3n) is 6.76. The van der Waals surface area contributed by atoms with Crippen LogP contribution in [0.15, 0.2) is 58.7 Å². The van der Waals surface area contributed by atoms with Crippen molar-refractivity contribution in [2.75, 3.05) is 19.5 Å². The lowest BCUT2D eigenvalue weighted by molar-refractivity contribution is -0.119. The first kappa shape index (κ1) is 23.7. The van der Waals surface area contributed by atoms with Crippen LogP contribution >= 0.6 is 0 Å². The Morgan fingerprint density at radius 3 is 2.47 bits per heavy atom. The number of nitrogens with zero attached hydrogens (tertiary/aromatic N) is 1. The zero-order valence-electron chi connectivity index (χ0n) is 20.7. The van der Waals surface area contributed by atoms with Crippen molar-refractivity contribution in [3.63, 3.8) is 0 Å². The van der Waals surface area contributed by atoms with Crippen LogP contribution in [0.1, 0.15) is 50.7 Å². The first-order chi connectivity index (χ1) is 16.1. The van der Waals surface area contributed by atoms with Gasteiger partial charge >= 0.3 is 0 Å². The summed E-state index contributed by atoms with van der Waals surface area (Å²) in [6.07, 6.45) is 1.11. The number of aryl methyl sites for hydroxylation is 1. The van der Waals surface area contributed by atoms with Crippen LogP contribution in [-0.2, 0) is 9.59 Å². The molecule has 6 nitrogen and oxygen atoms in total. The molecule has 1 aliphatic carbocycles. The number of aliphatic imine (C=N–C) groups is 1. The molecule has 0 saturated carbocycles. The van der Waals surface area contributed by atoms with E-state index in [2.05, 4.69) is 19.2 Å². The second-order valence-electron chi connectivity index (χ2n) is 9.92. The molecule has 34 heavy (non-hydrogen) atoms. The summed E-state index contributed by atoms with van der Waals surface area (Å²) >= 11 is 0. The number of rotatable bonds is 5. The van der Waals surface area contributed by atoms with Gasteiger partial charge in [-0.05, 0) is 43.4 Å². The number of allylic oxidation sites excluding steroid dienone is 2. The van der Waals surface area contributed by atoms with E-state index in [1.165, 1.54) is 0 Å². The third-order valence-corrected chi connectivity index (χ3v) is 6.76. The zero-order valence-corrected chi connectivity index (χ0v) is 20.7. The minimum Gasteiger partial charge on any atom is -0.497 e. The van der Waals surface area contributed by atoms with Crippen molar-refractivity contribution in [1.82, 2.24) is 0 Å². The van der Waals surface area contributed by atoms with E-state index in [-0.39, 0.29) is 17.1 Å². The lowest BCUT2D eigenvalue weighted by Gasteiger charge is -2.39. The van der Waals surface area contributed by atoms with E-state index in [9.17, 15) is 9.59 Å². The van der Waals surface area contributed by atoms with Gasteiger partial charge < -0.3 is 14.8 Å². The molecule has 1 unspecified atom stereocenters.